The molecule has 332 valence electrons. The maximum Gasteiger partial charge on any atom is 0.264 e. The van der Waals surface area contributed by atoms with Crippen LogP contribution in [0.4, 0.5) is 0 Å². The van der Waals surface area contributed by atoms with Crippen LogP contribution in [0.5, 0.6) is 23.0 Å². The molecule has 0 saturated carbocycles. The number of aromatic nitrogens is 6. The summed E-state index contributed by atoms with van der Waals surface area (Å²) < 4.78 is 79.9. The number of methoxy groups -OCH3 is 4. The molecule has 0 amide bonds. The summed E-state index contributed by atoms with van der Waals surface area (Å²) in [5.41, 5.74) is 3.28. The van der Waals surface area contributed by atoms with Crippen molar-refractivity contribution in [3.05, 3.63) is 132 Å². The maximum absolute atomic E-state index is 13.5. The highest BCUT2D eigenvalue weighted by Gasteiger charge is 2.30. The van der Waals surface area contributed by atoms with Crippen LogP contribution in [0.15, 0.2) is 120 Å². The largest absolute Gasteiger partial charge is 0.497 e. The molecule has 20 heteroatoms. The fourth-order valence-electron chi connectivity index (χ4n) is 5.88. The Bertz CT molecular complexity index is 2400. The van der Waals surface area contributed by atoms with Crippen LogP contribution in [0.2, 0.25) is 0 Å². The maximum atomic E-state index is 13.5. The van der Waals surface area contributed by atoms with Crippen LogP contribution in [-0.4, -0.2) is 121 Å². The van der Waals surface area contributed by atoms with Gasteiger partial charge in [-0.15, -0.1) is 10.2 Å². The first-order valence-electron chi connectivity index (χ1n) is 19.4. The second-order valence-corrected chi connectivity index (χ2v) is 17.9. The molecular weight excluding hydrogens is 839 g/mol. The van der Waals surface area contributed by atoms with E-state index in [1.165, 1.54) is 25.7 Å². The van der Waals surface area contributed by atoms with Gasteiger partial charge in [-0.2, -0.15) is 8.61 Å². The Kier molecular flexibility index (Phi) is 16.9. The molecule has 0 aliphatic heterocycles. The minimum absolute atomic E-state index is 0.0710. The number of aliphatic hydroxyl groups excluding tert-OH is 1. The third-order valence-corrected chi connectivity index (χ3v) is 12.7. The number of rotatable bonds is 21. The van der Waals surface area contributed by atoms with Gasteiger partial charge in [0.1, 0.15) is 23.0 Å². The average Bonchev–Trinajstić information content (AvgIpc) is 3.98. The number of ether oxygens (including phenoxy) is 4. The number of benzene rings is 4. The molecule has 0 aliphatic carbocycles. The Morgan fingerprint density at radius 2 is 0.790 bits per heavy atom. The van der Waals surface area contributed by atoms with Gasteiger partial charge in [0, 0.05) is 32.7 Å². The first kappa shape index (κ1) is 47.2. The molecule has 2 heterocycles. The summed E-state index contributed by atoms with van der Waals surface area (Å²) in [5.74, 6) is 2.80. The van der Waals surface area contributed by atoms with Crippen molar-refractivity contribution >= 4 is 20.0 Å². The van der Waals surface area contributed by atoms with Gasteiger partial charge in [-0.1, -0.05) is 59.0 Å². The van der Waals surface area contributed by atoms with Gasteiger partial charge >= 0.3 is 0 Å². The van der Waals surface area contributed by atoms with E-state index in [9.17, 15) is 16.8 Å². The highest BCUT2D eigenvalue weighted by Crippen LogP contribution is 2.24. The summed E-state index contributed by atoms with van der Waals surface area (Å²) in [6, 6.07) is 29.0. The predicted molar refractivity (Wildman–Crippen MR) is 231 cm³/mol. The molecule has 0 fully saturated rings. The Labute approximate surface area is 362 Å². The first-order valence-corrected chi connectivity index (χ1v) is 22.2. The molecule has 0 saturated heterocycles. The topological polar surface area (TPSA) is 197 Å². The van der Waals surface area contributed by atoms with Gasteiger partial charge in [0.05, 0.1) is 60.5 Å². The average molecular weight is 892 g/mol. The molecule has 0 spiro atoms. The van der Waals surface area contributed by atoms with E-state index in [0.717, 1.165) is 28.8 Å². The standard InChI is InChI=1S/C22H29N5O4S.C20H24N4O5S/c1-25(2)13-14-26-17-22(23-24-26)32(28,29)27(15-18-5-9-20(30-3)10-6-18)16-19-7-11-21(31-4)12-8-19;1-28-18-7-3-16(4-8-18)13-24(14-17-5-9-19(29-2)10-6-17)30(26,27)20-15-23(11-12-25)22-21-20/h5-12,17H,13-16H2,1-4H3;3-10,15,25H,11-14H2,1-2H3. The molecule has 6 rings (SSSR count). The first-order chi connectivity index (χ1) is 29.8. The van der Waals surface area contributed by atoms with Crippen molar-refractivity contribution in [2.24, 2.45) is 0 Å². The van der Waals surface area contributed by atoms with E-state index in [-0.39, 0.29) is 49.4 Å². The van der Waals surface area contributed by atoms with Crippen molar-refractivity contribution in [1.82, 2.24) is 43.5 Å². The van der Waals surface area contributed by atoms with Gasteiger partial charge in [-0.25, -0.2) is 26.2 Å². The molecule has 0 radical (unpaired) electrons. The highest BCUT2D eigenvalue weighted by atomic mass is 32.2. The van der Waals surface area contributed by atoms with Crippen molar-refractivity contribution in [2.75, 3.05) is 55.7 Å². The second-order valence-electron chi connectivity index (χ2n) is 14.1. The number of hydrogen-bond acceptors (Lipinski definition) is 14. The smallest absolute Gasteiger partial charge is 0.264 e. The van der Waals surface area contributed by atoms with E-state index < -0.39 is 20.0 Å². The fourth-order valence-corrected chi connectivity index (χ4v) is 8.47. The van der Waals surface area contributed by atoms with Crippen LogP contribution in [0.1, 0.15) is 22.3 Å². The van der Waals surface area contributed by atoms with Crippen molar-refractivity contribution in [3.8, 4) is 23.0 Å². The third-order valence-electron chi connectivity index (χ3n) is 9.42. The van der Waals surface area contributed by atoms with Gasteiger partial charge in [-0.05, 0) is 84.9 Å². The SMILES string of the molecule is COc1ccc(CN(Cc2ccc(OC)cc2)S(=O)(=O)c2cn(CCN(C)C)nn2)cc1.COc1ccc(CN(Cc2ccc(OC)cc2)S(=O)(=O)c2cn(CCO)nn2)cc1. The van der Waals surface area contributed by atoms with E-state index >= 15 is 0 Å². The molecule has 2 aromatic heterocycles. The number of nitrogens with zero attached hydrogens (tertiary/aromatic N) is 9. The number of hydrogen-bond donors (Lipinski definition) is 1. The summed E-state index contributed by atoms with van der Waals surface area (Å²) in [6.07, 6.45) is 2.80. The van der Waals surface area contributed by atoms with Gasteiger partial charge < -0.3 is 29.0 Å². The highest BCUT2D eigenvalue weighted by molar-refractivity contribution is 7.89. The van der Waals surface area contributed by atoms with Crippen molar-refractivity contribution in [3.63, 3.8) is 0 Å². The zero-order valence-corrected chi connectivity index (χ0v) is 37.2. The Balaban J connectivity index is 0.000000235. The zero-order valence-electron chi connectivity index (χ0n) is 35.6. The lowest BCUT2D eigenvalue weighted by Crippen LogP contribution is -2.30. The lowest BCUT2D eigenvalue weighted by molar-refractivity contribution is 0.268. The summed E-state index contributed by atoms with van der Waals surface area (Å²) >= 11 is 0. The second kappa shape index (κ2) is 22.3. The number of sulfonamides is 2. The van der Waals surface area contributed by atoms with Crippen molar-refractivity contribution < 1.29 is 40.9 Å². The predicted octanol–water partition coefficient (Wildman–Crippen LogP) is 3.93. The van der Waals surface area contributed by atoms with Crippen LogP contribution < -0.4 is 18.9 Å². The van der Waals surface area contributed by atoms with Crippen LogP contribution in [0.3, 0.4) is 0 Å². The van der Waals surface area contributed by atoms with E-state index in [2.05, 4.69) is 20.6 Å². The quantitative estimate of drug-likeness (QED) is 0.109. The molecular formula is C42H53N9O9S2. The van der Waals surface area contributed by atoms with Gasteiger partial charge in [0.25, 0.3) is 20.0 Å². The monoisotopic (exact) mass is 891 g/mol. The number of aliphatic hydroxyl groups is 1. The molecule has 18 nitrogen and oxygen atoms in total. The van der Waals surface area contributed by atoms with Gasteiger partial charge in [-0.3, -0.25) is 0 Å². The normalized spacial score (nSPS) is 11.7. The van der Waals surface area contributed by atoms with Crippen molar-refractivity contribution in [1.29, 1.82) is 0 Å². The van der Waals surface area contributed by atoms with E-state index in [1.807, 2.05) is 91.8 Å². The van der Waals surface area contributed by atoms with Crippen LogP contribution in [0, 0.1) is 0 Å². The zero-order chi connectivity index (χ0) is 44.7. The molecule has 4 aromatic carbocycles. The van der Waals surface area contributed by atoms with Gasteiger partial charge in [0.15, 0.2) is 0 Å². The lowest BCUT2D eigenvalue weighted by atomic mass is 10.2. The fraction of sp³-hybridized carbons (Fsp3) is 0.333. The number of likely N-dealkylation sites (N-methyl/N-ethyl adjacent to an activating group) is 1. The molecule has 0 bridgehead atoms. The molecule has 0 aliphatic rings. The Hall–Kier alpha value is -5.90. The summed E-state index contributed by atoms with van der Waals surface area (Å²) in [4.78, 5) is 2.00. The van der Waals surface area contributed by atoms with E-state index in [1.54, 1.807) is 57.4 Å². The van der Waals surface area contributed by atoms with E-state index in [0.29, 0.717) is 29.5 Å². The van der Waals surface area contributed by atoms with Crippen LogP contribution >= 0.6 is 0 Å². The summed E-state index contributed by atoms with van der Waals surface area (Å²) in [5, 5.41) is 24.3. The Morgan fingerprint density at radius 3 is 1.05 bits per heavy atom. The van der Waals surface area contributed by atoms with E-state index in [4.69, 9.17) is 24.1 Å². The molecule has 0 unspecified atom stereocenters. The molecule has 1 N–H and O–H groups in total. The minimum atomic E-state index is -3.93. The molecule has 6 aromatic rings. The minimum Gasteiger partial charge on any atom is -0.497 e. The summed E-state index contributed by atoms with van der Waals surface area (Å²) in [6.45, 7) is 1.93. The lowest BCUT2D eigenvalue weighted by Gasteiger charge is -2.21. The molecule has 0 atom stereocenters. The summed E-state index contributed by atoms with van der Waals surface area (Å²) in [7, 11) is 2.41. The van der Waals surface area contributed by atoms with Crippen LogP contribution in [-0.2, 0) is 59.3 Å². The van der Waals surface area contributed by atoms with Crippen molar-refractivity contribution in [2.45, 2.75) is 49.3 Å². The van der Waals surface area contributed by atoms with Crippen LogP contribution in [0.25, 0.3) is 0 Å². The van der Waals surface area contributed by atoms with Gasteiger partial charge in [0.2, 0.25) is 10.1 Å². The third kappa shape index (κ3) is 13.1. The molecule has 62 heavy (non-hydrogen) atoms. The Morgan fingerprint density at radius 1 is 0.500 bits per heavy atom.